The van der Waals surface area contributed by atoms with Crippen molar-refractivity contribution in [1.82, 2.24) is 5.32 Å². The van der Waals surface area contributed by atoms with E-state index in [4.69, 9.17) is 9.15 Å². The predicted octanol–water partition coefficient (Wildman–Crippen LogP) is 2.64. The van der Waals surface area contributed by atoms with E-state index < -0.39 is 17.9 Å². The lowest BCUT2D eigenvalue weighted by molar-refractivity contribution is -0.139. The fraction of sp³-hybridized carbons (Fsp3) is 0.333. The topological polar surface area (TPSA) is 88.8 Å². The van der Waals surface area contributed by atoms with Crippen LogP contribution in [0.3, 0.4) is 0 Å². The first-order chi connectivity index (χ1) is 11.5. The number of aliphatic carboxylic acids is 1. The highest BCUT2D eigenvalue weighted by Gasteiger charge is 2.26. The van der Waals surface area contributed by atoms with Gasteiger partial charge in [-0.1, -0.05) is 13.0 Å². The van der Waals surface area contributed by atoms with Gasteiger partial charge in [0.25, 0.3) is 5.91 Å². The lowest BCUT2D eigenvalue weighted by Crippen LogP contribution is -2.33. The second kappa shape index (κ2) is 6.39. The van der Waals surface area contributed by atoms with Gasteiger partial charge >= 0.3 is 5.97 Å². The number of fused-ring (bicyclic) bond motifs is 1. The van der Waals surface area contributed by atoms with Crippen molar-refractivity contribution in [2.75, 3.05) is 6.61 Å². The van der Waals surface area contributed by atoms with Crippen molar-refractivity contribution < 1.29 is 23.8 Å². The van der Waals surface area contributed by atoms with E-state index in [0.29, 0.717) is 18.6 Å². The number of rotatable bonds is 5. The molecule has 0 fully saturated rings. The molecule has 2 heterocycles. The van der Waals surface area contributed by atoms with Gasteiger partial charge < -0.3 is 19.6 Å². The maximum absolute atomic E-state index is 12.4. The second-order valence-electron chi connectivity index (χ2n) is 5.78. The van der Waals surface area contributed by atoms with Crippen molar-refractivity contribution in [3.8, 4) is 5.75 Å². The molecule has 6 nitrogen and oxygen atoms in total. The predicted molar refractivity (Wildman–Crippen MR) is 86.3 cm³/mol. The summed E-state index contributed by atoms with van der Waals surface area (Å²) >= 11 is 0. The molecule has 1 aromatic carbocycles. The van der Waals surface area contributed by atoms with Crippen molar-refractivity contribution in [2.45, 2.75) is 32.7 Å². The van der Waals surface area contributed by atoms with E-state index in [2.05, 4.69) is 5.32 Å². The number of carboxylic acid groups (broad SMARTS) is 1. The molecule has 24 heavy (non-hydrogen) atoms. The number of aryl methyl sites for hydroxylation is 2. The summed E-state index contributed by atoms with van der Waals surface area (Å²) < 4.78 is 10.9. The van der Waals surface area contributed by atoms with Gasteiger partial charge in [0.1, 0.15) is 11.5 Å². The van der Waals surface area contributed by atoms with Gasteiger partial charge in [-0.25, -0.2) is 4.79 Å². The van der Waals surface area contributed by atoms with Crippen LogP contribution in [-0.4, -0.2) is 23.6 Å². The molecule has 0 aliphatic carbocycles. The fourth-order valence-corrected chi connectivity index (χ4v) is 2.86. The molecule has 1 aromatic heterocycles. The van der Waals surface area contributed by atoms with Crippen LogP contribution in [0.5, 0.6) is 5.75 Å². The largest absolute Gasteiger partial charge is 0.493 e. The van der Waals surface area contributed by atoms with E-state index in [9.17, 15) is 14.7 Å². The second-order valence-corrected chi connectivity index (χ2v) is 5.78. The third-order valence-electron chi connectivity index (χ3n) is 4.13. The first-order valence-corrected chi connectivity index (χ1v) is 7.88. The molecule has 3 rings (SSSR count). The van der Waals surface area contributed by atoms with Gasteiger partial charge in [0.05, 0.1) is 6.61 Å². The maximum Gasteiger partial charge on any atom is 0.330 e. The number of nitrogens with one attached hydrogen (secondary N) is 1. The average molecular weight is 329 g/mol. The van der Waals surface area contributed by atoms with E-state index in [0.717, 1.165) is 29.1 Å². The smallest absolute Gasteiger partial charge is 0.330 e. The summed E-state index contributed by atoms with van der Waals surface area (Å²) in [5, 5.41) is 12.0. The summed E-state index contributed by atoms with van der Waals surface area (Å²) in [7, 11) is 0. The van der Waals surface area contributed by atoms with Crippen LogP contribution in [-0.2, 0) is 17.6 Å². The summed E-state index contributed by atoms with van der Waals surface area (Å²) in [6, 6.07) is 5.66. The van der Waals surface area contributed by atoms with Gasteiger partial charge in [0, 0.05) is 12.8 Å². The van der Waals surface area contributed by atoms with Crippen LogP contribution in [0, 0.1) is 6.92 Å². The van der Waals surface area contributed by atoms with Crippen molar-refractivity contribution in [3.05, 3.63) is 52.5 Å². The number of hydrogen-bond donors (Lipinski definition) is 2. The SMILES string of the molecule is CCc1oc(C(=O)NC(C(=O)O)c2ccc3c(c2)CCO3)cc1C. The number of amides is 1. The van der Waals surface area contributed by atoms with E-state index in [1.807, 2.05) is 13.8 Å². The Morgan fingerprint density at radius 1 is 1.33 bits per heavy atom. The van der Waals surface area contributed by atoms with Crippen LogP contribution in [0.15, 0.2) is 28.7 Å². The number of hydrogen-bond acceptors (Lipinski definition) is 4. The minimum absolute atomic E-state index is 0.125. The van der Waals surface area contributed by atoms with Crippen LogP contribution in [0.25, 0.3) is 0 Å². The molecule has 2 N–H and O–H groups in total. The van der Waals surface area contributed by atoms with Crippen LogP contribution >= 0.6 is 0 Å². The highest BCUT2D eigenvalue weighted by atomic mass is 16.5. The highest BCUT2D eigenvalue weighted by Crippen LogP contribution is 2.28. The van der Waals surface area contributed by atoms with E-state index >= 15 is 0 Å². The summed E-state index contributed by atoms with van der Waals surface area (Å²) in [6.07, 6.45) is 1.41. The molecule has 1 aliphatic rings. The molecule has 0 bridgehead atoms. The first-order valence-electron chi connectivity index (χ1n) is 7.88. The van der Waals surface area contributed by atoms with Crippen LogP contribution in [0.2, 0.25) is 0 Å². The standard InChI is InChI=1S/C18H19NO5/c1-3-13-10(2)8-15(24-13)17(20)19-16(18(21)22)12-4-5-14-11(9-12)6-7-23-14/h4-5,8-9,16H,3,6-7H2,1-2H3,(H,19,20)(H,21,22). The van der Waals surface area contributed by atoms with Crippen LogP contribution in [0.1, 0.15) is 46.0 Å². The molecule has 1 amide bonds. The molecule has 2 aromatic rings. The molecule has 1 unspecified atom stereocenters. The number of carbonyl (C=O) groups excluding carboxylic acids is 1. The summed E-state index contributed by atoms with van der Waals surface area (Å²) in [5.41, 5.74) is 2.35. The first kappa shape index (κ1) is 16.1. The Labute approximate surface area is 139 Å². The van der Waals surface area contributed by atoms with Gasteiger partial charge in [0.2, 0.25) is 0 Å². The number of carboxylic acids is 1. The number of furan rings is 1. The maximum atomic E-state index is 12.4. The summed E-state index contributed by atoms with van der Waals surface area (Å²) in [5.74, 6) is -0.0478. The molecule has 1 atom stereocenters. The van der Waals surface area contributed by atoms with E-state index in [-0.39, 0.29) is 5.76 Å². The minimum Gasteiger partial charge on any atom is -0.493 e. The zero-order chi connectivity index (χ0) is 17.3. The normalized spacial score (nSPS) is 13.9. The van der Waals surface area contributed by atoms with E-state index in [1.165, 1.54) is 0 Å². The van der Waals surface area contributed by atoms with Crippen molar-refractivity contribution >= 4 is 11.9 Å². The number of carbonyl (C=O) groups is 2. The number of benzene rings is 1. The lowest BCUT2D eigenvalue weighted by atomic mass is 10.0. The van der Waals surface area contributed by atoms with Gasteiger partial charge in [-0.3, -0.25) is 4.79 Å². The highest BCUT2D eigenvalue weighted by molar-refractivity contribution is 5.94. The molecule has 0 saturated carbocycles. The quantitative estimate of drug-likeness (QED) is 0.880. The summed E-state index contributed by atoms with van der Waals surface area (Å²) in [4.78, 5) is 24.0. The lowest BCUT2D eigenvalue weighted by Gasteiger charge is -2.15. The molecule has 1 aliphatic heterocycles. The van der Waals surface area contributed by atoms with Gasteiger partial charge in [0.15, 0.2) is 11.8 Å². The Balaban J connectivity index is 1.83. The Morgan fingerprint density at radius 3 is 2.79 bits per heavy atom. The zero-order valence-electron chi connectivity index (χ0n) is 13.6. The average Bonchev–Trinajstić information content (AvgIpc) is 3.17. The van der Waals surface area contributed by atoms with Gasteiger partial charge in [-0.05, 0) is 41.8 Å². The molecule has 126 valence electrons. The van der Waals surface area contributed by atoms with Crippen LogP contribution < -0.4 is 10.1 Å². The molecule has 0 spiro atoms. The third kappa shape index (κ3) is 2.99. The number of ether oxygens (including phenoxy) is 1. The Kier molecular flexibility index (Phi) is 4.29. The Hall–Kier alpha value is -2.76. The molecule has 0 radical (unpaired) electrons. The van der Waals surface area contributed by atoms with E-state index in [1.54, 1.807) is 24.3 Å². The van der Waals surface area contributed by atoms with Gasteiger partial charge in [-0.2, -0.15) is 0 Å². The molecule has 6 heteroatoms. The van der Waals surface area contributed by atoms with Crippen LogP contribution in [0.4, 0.5) is 0 Å². The third-order valence-corrected chi connectivity index (χ3v) is 4.13. The van der Waals surface area contributed by atoms with Crippen molar-refractivity contribution in [2.24, 2.45) is 0 Å². The zero-order valence-corrected chi connectivity index (χ0v) is 13.6. The van der Waals surface area contributed by atoms with Crippen molar-refractivity contribution in [3.63, 3.8) is 0 Å². The summed E-state index contributed by atoms with van der Waals surface area (Å²) in [6.45, 7) is 4.38. The van der Waals surface area contributed by atoms with Gasteiger partial charge in [-0.15, -0.1) is 0 Å². The molecule has 0 saturated heterocycles. The molecular formula is C18H19NO5. The van der Waals surface area contributed by atoms with Crippen molar-refractivity contribution in [1.29, 1.82) is 0 Å². The molecular weight excluding hydrogens is 310 g/mol. The monoisotopic (exact) mass is 329 g/mol. The Morgan fingerprint density at radius 2 is 2.12 bits per heavy atom. The Bertz CT molecular complexity index is 793. The fourth-order valence-electron chi connectivity index (χ4n) is 2.86. The minimum atomic E-state index is -1.14.